The van der Waals surface area contributed by atoms with Crippen molar-refractivity contribution in [3.63, 3.8) is 0 Å². The predicted molar refractivity (Wildman–Crippen MR) is 87.8 cm³/mol. The molecule has 0 aliphatic heterocycles. The first kappa shape index (κ1) is 19.0. The lowest BCUT2D eigenvalue weighted by Gasteiger charge is -2.13. The molecule has 0 spiro atoms. The van der Waals surface area contributed by atoms with Gasteiger partial charge in [-0.05, 0) is 18.4 Å². The minimum atomic E-state index is -3.49. The lowest BCUT2D eigenvalue weighted by Crippen LogP contribution is -2.37. The standard InChI is InChI=1S/C12H19ClN4O3S2/c1-7(2)3-9(15)12(19)17-22(20,16-10(18)5-14)11-4-8(13)6-21-11/h4,6-7,9H,3,5,14-15H2,1-2H3,(H,16,17,18,19,20)/t9-,22?/m0/s1. The Balaban J connectivity index is 3.20. The van der Waals surface area contributed by atoms with Gasteiger partial charge in [0.05, 0.1) is 17.6 Å². The van der Waals surface area contributed by atoms with Gasteiger partial charge in [0.2, 0.25) is 5.91 Å². The van der Waals surface area contributed by atoms with Crippen LogP contribution in [-0.4, -0.2) is 28.6 Å². The highest BCUT2D eigenvalue weighted by atomic mass is 35.5. The van der Waals surface area contributed by atoms with Gasteiger partial charge in [-0.3, -0.25) is 14.3 Å². The van der Waals surface area contributed by atoms with Crippen molar-refractivity contribution in [1.29, 1.82) is 0 Å². The maximum atomic E-state index is 12.9. The fraction of sp³-hybridized carbons (Fsp3) is 0.500. The largest absolute Gasteiger partial charge is 0.322 e. The van der Waals surface area contributed by atoms with E-state index < -0.39 is 27.8 Å². The molecule has 0 aliphatic rings. The summed E-state index contributed by atoms with van der Waals surface area (Å²) in [5.41, 5.74) is 11.0. The maximum absolute atomic E-state index is 12.9. The van der Waals surface area contributed by atoms with E-state index in [2.05, 4.69) is 9.08 Å². The number of nitrogens with one attached hydrogen (secondary N) is 1. The Kier molecular flexibility index (Phi) is 6.95. The molecule has 0 saturated heterocycles. The van der Waals surface area contributed by atoms with Gasteiger partial charge in [0.15, 0.2) is 9.92 Å². The second-order valence-electron chi connectivity index (χ2n) is 5.00. The van der Waals surface area contributed by atoms with Gasteiger partial charge in [-0.15, -0.1) is 15.7 Å². The van der Waals surface area contributed by atoms with Gasteiger partial charge in [0.1, 0.15) is 4.21 Å². The Morgan fingerprint density at radius 1 is 1.50 bits per heavy atom. The Morgan fingerprint density at radius 3 is 2.59 bits per heavy atom. The molecular weight excluding hydrogens is 348 g/mol. The molecule has 0 bridgehead atoms. The second-order valence-corrected chi connectivity index (χ2v) is 8.49. The molecule has 5 N–H and O–H groups in total. The van der Waals surface area contributed by atoms with E-state index in [1.165, 1.54) is 11.4 Å². The molecule has 1 heterocycles. The van der Waals surface area contributed by atoms with Crippen molar-refractivity contribution in [2.24, 2.45) is 21.7 Å². The van der Waals surface area contributed by atoms with E-state index in [9.17, 15) is 13.8 Å². The summed E-state index contributed by atoms with van der Waals surface area (Å²) in [7, 11) is -3.49. The summed E-state index contributed by atoms with van der Waals surface area (Å²) in [4.78, 5) is 23.6. The van der Waals surface area contributed by atoms with Crippen LogP contribution in [0.3, 0.4) is 0 Å². The Labute approximate surface area is 138 Å². The van der Waals surface area contributed by atoms with Gasteiger partial charge >= 0.3 is 0 Å². The van der Waals surface area contributed by atoms with Gasteiger partial charge in [-0.2, -0.15) is 0 Å². The van der Waals surface area contributed by atoms with Crippen molar-refractivity contribution in [3.05, 3.63) is 16.5 Å². The van der Waals surface area contributed by atoms with Crippen LogP contribution in [0.25, 0.3) is 0 Å². The van der Waals surface area contributed by atoms with Crippen molar-refractivity contribution in [3.8, 4) is 0 Å². The van der Waals surface area contributed by atoms with Crippen molar-refractivity contribution >= 4 is 44.7 Å². The topological polar surface area (TPSA) is 128 Å². The monoisotopic (exact) mass is 366 g/mol. The summed E-state index contributed by atoms with van der Waals surface area (Å²) in [6, 6.07) is 0.502. The molecule has 7 nitrogen and oxygen atoms in total. The third-order valence-electron chi connectivity index (χ3n) is 2.51. The van der Waals surface area contributed by atoms with E-state index in [0.717, 1.165) is 11.3 Å². The molecule has 1 rings (SSSR count). The molecule has 22 heavy (non-hydrogen) atoms. The normalized spacial score (nSPS) is 15.2. The fourth-order valence-electron chi connectivity index (χ4n) is 1.56. The molecule has 2 atom stereocenters. The summed E-state index contributed by atoms with van der Waals surface area (Å²) in [6.45, 7) is 3.43. The van der Waals surface area contributed by atoms with E-state index in [0.29, 0.717) is 11.4 Å². The van der Waals surface area contributed by atoms with Gasteiger partial charge in [-0.1, -0.05) is 25.4 Å². The molecule has 2 amide bonds. The van der Waals surface area contributed by atoms with Crippen LogP contribution in [0.1, 0.15) is 20.3 Å². The average molecular weight is 367 g/mol. The molecule has 0 saturated carbocycles. The molecule has 0 aliphatic carbocycles. The van der Waals surface area contributed by atoms with Crippen LogP contribution < -0.4 is 16.2 Å². The number of halogens is 1. The van der Waals surface area contributed by atoms with E-state index >= 15 is 0 Å². The van der Waals surface area contributed by atoms with E-state index in [1.54, 1.807) is 0 Å². The Bertz CT molecular complexity index is 665. The zero-order chi connectivity index (χ0) is 16.9. The van der Waals surface area contributed by atoms with Crippen LogP contribution >= 0.6 is 22.9 Å². The highest BCUT2D eigenvalue weighted by molar-refractivity contribution is 7.94. The van der Waals surface area contributed by atoms with Crippen molar-refractivity contribution in [2.75, 3.05) is 6.54 Å². The number of carbonyl (C=O) groups excluding carboxylic acids is 2. The summed E-state index contributed by atoms with van der Waals surface area (Å²) in [6.07, 6.45) is 0.397. The molecule has 0 aromatic carbocycles. The number of amides is 2. The first-order valence-electron chi connectivity index (χ1n) is 6.49. The molecular formula is C12H19ClN4O3S2. The Hall–Kier alpha value is -1.000. The summed E-state index contributed by atoms with van der Waals surface area (Å²) >= 11 is 6.83. The van der Waals surface area contributed by atoms with Crippen molar-refractivity contribution < 1.29 is 13.8 Å². The fourth-order valence-corrected chi connectivity index (χ4v) is 4.63. The first-order valence-corrected chi connectivity index (χ1v) is 9.26. The molecule has 124 valence electrons. The highest BCUT2D eigenvalue weighted by Gasteiger charge is 2.23. The van der Waals surface area contributed by atoms with Crippen molar-refractivity contribution in [2.45, 2.75) is 30.5 Å². The molecule has 0 fully saturated rings. The van der Waals surface area contributed by atoms with Gasteiger partial charge in [0.25, 0.3) is 5.91 Å². The Morgan fingerprint density at radius 2 is 2.14 bits per heavy atom. The minimum absolute atomic E-state index is 0.171. The third-order valence-corrected chi connectivity index (χ3v) is 6.16. The molecule has 10 heteroatoms. The quantitative estimate of drug-likeness (QED) is 0.695. The molecule has 1 unspecified atom stereocenters. The maximum Gasteiger partial charge on any atom is 0.272 e. The van der Waals surface area contributed by atoms with Gasteiger partial charge in [0, 0.05) is 5.38 Å². The van der Waals surface area contributed by atoms with E-state index in [1.807, 2.05) is 13.8 Å². The number of hydrogen-bond acceptors (Lipinski definition) is 6. The highest BCUT2D eigenvalue weighted by Crippen LogP contribution is 2.25. The van der Waals surface area contributed by atoms with Crippen LogP contribution in [0.4, 0.5) is 0 Å². The van der Waals surface area contributed by atoms with Crippen molar-refractivity contribution in [1.82, 2.24) is 4.72 Å². The lowest BCUT2D eigenvalue weighted by molar-refractivity contribution is -0.119. The zero-order valence-electron chi connectivity index (χ0n) is 12.2. The molecule has 0 radical (unpaired) electrons. The van der Waals surface area contributed by atoms with Crippen LogP contribution in [0.5, 0.6) is 0 Å². The number of thiophene rings is 1. The summed E-state index contributed by atoms with van der Waals surface area (Å²) in [5.74, 6) is -1.25. The first-order chi connectivity index (χ1) is 10.2. The summed E-state index contributed by atoms with van der Waals surface area (Å²) in [5, 5.41) is 1.86. The smallest absolute Gasteiger partial charge is 0.272 e. The number of nitrogens with zero attached hydrogens (tertiary/aromatic N) is 1. The van der Waals surface area contributed by atoms with E-state index in [-0.39, 0.29) is 16.7 Å². The van der Waals surface area contributed by atoms with Crippen LogP contribution in [0, 0.1) is 5.92 Å². The van der Waals surface area contributed by atoms with E-state index in [4.69, 9.17) is 23.1 Å². The molecule has 1 aromatic rings. The number of carbonyl (C=O) groups is 2. The molecule has 1 aromatic heterocycles. The lowest BCUT2D eigenvalue weighted by atomic mass is 10.0. The minimum Gasteiger partial charge on any atom is -0.322 e. The second kappa shape index (κ2) is 8.02. The number of hydrogen-bond donors (Lipinski definition) is 3. The number of nitrogens with two attached hydrogens (primary N) is 2. The average Bonchev–Trinajstić information content (AvgIpc) is 2.85. The van der Waals surface area contributed by atoms with Gasteiger partial charge < -0.3 is 11.5 Å². The predicted octanol–water partition coefficient (Wildman–Crippen LogP) is 1.12. The summed E-state index contributed by atoms with van der Waals surface area (Å²) < 4.78 is 18.9. The van der Waals surface area contributed by atoms with Gasteiger partial charge in [-0.25, -0.2) is 4.21 Å². The SMILES string of the molecule is CC(C)C[C@H](N)C(=O)N=S(=O)(NC(=O)CN)c1cc(Cl)cs1. The number of rotatable bonds is 6. The zero-order valence-corrected chi connectivity index (χ0v) is 14.6. The van der Waals surface area contributed by atoms with Crippen LogP contribution in [-0.2, 0) is 19.5 Å². The van der Waals surface area contributed by atoms with Crippen LogP contribution in [0.2, 0.25) is 5.02 Å². The van der Waals surface area contributed by atoms with Crippen LogP contribution in [0.15, 0.2) is 20.0 Å². The third kappa shape index (κ3) is 5.33.